The van der Waals surface area contributed by atoms with E-state index in [2.05, 4.69) is 33.7 Å². The van der Waals surface area contributed by atoms with E-state index in [9.17, 15) is 4.79 Å². The summed E-state index contributed by atoms with van der Waals surface area (Å²) >= 11 is 6.29. The first kappa shape index (κ1) is 17.9. The number of nitrogens with two attached hydrogens (primary N) is 1. The van der Waals surface area contributed by atoms with Crippen molar-refractivity contribution in [2.45, 2.75) is 25.3 Å². The van der Waals surface area contributed by atoms with Crippen LogP contribution >= 0.6 is 11.6 Å². The van der Waals surface area contributed by atoms with Crippen molar-refractivity contribution in [2.24, 2.45) is 5.92 Å². The number of ether oxygens (including phenoxy) is 1. The molecule has 2 aliphatic rings. The lowest BCUT2D eigenvalue weighted by Gasteiger charge is -2.39. The van der Waals surface area contributed by atoms with E-state index in [0.717, 1.165) is 22.2 Å². The molecule has 0 radical (unpaired) electrons. The van der Waals surface area contributed by atoms with Gasteiger partial charge in [-0.25, -0.2) is 14.8 Å². The second kappa shape index (κ2) is 6.88. The third-order valence-corrected chi connectivity index (χ3v) is 5.68. The van der Waals surface area contributed by atoms with Crippen LogP contribution in [0.15, 0.2) is 30.8 Å². The van der Waals surface area contributed by atoms with Crippen LogP contribution in [0.3, 0.4) is 0 Å². The van der Waals surface area contributed by atoms with E-state index in [4.69, 9.17) is 22.1 Å². The molecule has 1 saturated heterocycles. The minimum Gasteiger partial charge on any atom is -0.450 e. The molecule has 2 aromatic rings. The molecular formula is C19H22ClN5O2. The number of allylic oxidation sites excluding steroid dienone is 4. The lowest BCUT2D eigenvalue weighted by atomic mass is 9.93. The maximum Gasteiger partial charge on any atom is 0.409 e. The molecule has 1 aliphatic carbocycles. The van der Waals surface area contributed by atoms with Crippen molar-refractivity contribution in [2.75, 3.05) is 25.4 Å². The number of rotatable bonds is 3. The number of carbonyl (C=O) groups is 1. The summed E-state index contributed by atoms with van der Waals surface area (Å²) in [6.45, 7) is 5.43. The van der Waals surface area contributed by atoms with Gasteiger partial charge in [-0.1, -0.05) is 25.2 Å². The summed E-state index contributed by atoms with van der Waals surface area (Å²) < 4.78 is 7.15. The number of carbonyl (C=O) groups excluding carboxylic acids is 1. The predicted octanol–water partition coefficient (Wildman–Crippen LogP) is 3.22. The molecule has 2 aromatic heterocycles. The van der Waals surface area contributed by atoms with Crippen LogP contribution in [0.25, 0.3) is 16.6 Å². The summed E-state index contributed by atoms with van der Waals surface area (Å²) in [5, 5.41) is 0.823. The lowest BCUT2D eigenvalue weighted by Crippen LogP contribution is -2.50. The molecule has 0 spiro atoms. The minimum absolute atomic E-state index is 0.0135. The Hall–Kier alpha value is -2.54. The summed E-state index contributed by atoms with van der Waals surface area (Å²) in [5.41, 5.74) is 9.02. The molecule has 0 saturated carbocycles. The highest BCUT2D eigenvalue weighted by Crippen LogP contribution is 2.37. The fourth-order valence-corrected chi connectivity index (χ4v) is 3.73. The van der Waals surface area contributed by atoms with Gasteiger partial charge < -0.3 is 19.9 Å². The summed E-state index contributed by atoms with van der Waals surface area (Å²) in [6, 6.07) is 0.131. The number of hydrogen-bond acceptors (Lipinski definition) is 5. The quantitative estimate of drug-likeness (QED) is 0.817. The van der Waals surface area contributed by atoms with Crippen molar-refractivity contribution in [1.82, 2.24) is 19.4 Å². The van der Waals surface area contributed by atoms with Gasteiger partial charge in [0.25, 0.3) is 0 Å². The van der Waals surface area contributed by atoms with Gasteiger partial charge in [0.2, 0.25) is 0 Å². The first-order valence-electron chi connectivity index (χ1n) is 9.06. The van der Waals surface area contributed by atoms with Crippen LogP contribution in [0.1, 0.15) is 25.5 Å². The van der Waals surface area contributed by atoms with Crippen molar-refractivity contribution in [3.63, 3.8) is 0 Å². The SMILES string of the molecule is CCOC(=O)N1CC(n2cc(C3=CC(C)C(Cl)C=C3)c3c(N)ncnc32)C1. The topological polar surface area (TPSA) is 86.3 Å². The number of fused-ring (bicyclic) bond motifs is 1. The van der Waals surface area contributed by atoms with Crippen LogP contribution in [0.2, 0.25) is 0 Å². The largest absolute Gasteiger partial charge is 0.450 e. The van der Waals surface area contributed by atoms with Crippen molar-refractivity contribution in [3.8, 4) is 0 Å². The molecule has 1 fully saturated rings. The molecule has 27 heavy (non-hydrogen) atoms. The van der Waals surface area contributed by atoms with E-state index in [1.54, 1.807) is 11.8 Å². The van der Waals surface area contributed by atoms with E-state index < -0.39 is 0 Å². The molecule has 2 atom stereocenters. The van der Waals surface area contributed by atoms with E-state index in [-0.39, 0.29) is 23.4 Å². The van der Waals surface area contributed by atoms with Crippen molar-refractivity contribution in [1.29, 1.82) is 0 Å². The lowest BCUT2D eigenvalue weighted by molar-refractivity contribution is 0.0612. The monoisotopic (exact) mass is 387 g/mol. The highest BCUT2D eigenvalue weighted by molar-refractivity contribution is 6.22. The van der Waals surface area contributed by atoms with Crippen molar-refractivity contribution < 1.29 is 9.53 Å². The first-order valence-corrected chi connectivity index (χ1v) is 9.50. The summed E-state index contributed by atoms with van der Waals surface area (Å²) in [7, 11) is 0. The fourth-order valence-electron chi connectivity index (χ4n) is 3.58. The van der Waals surface area contributed by atoms with Crippen molar-refractivity contribution >= 4 is 40.1 Å². The molecule has 7 nitrogen and oxygen atoms in total. The standard InChI is InChI=1S/C19H22ClN5O2/c1-3-27-19(26)24-7-13(8-24)25-9-14(12-4-5-15(20)11(2)6-12)16-17(21)22-10-23-18(16)25/h4-6,9-11,13,15H,3,7-8H2,1-2H3,(H2,21,22,23). The molecule has 8 heteroatoms. The third-order valence-electron chi connectivity index (χ3n) is 5.14. The van der Waals surface area contributed by atoms with Crippen LogP contribution in [0.5, 0.6) is 0 Å². The molecule has 2 N–H and O–H groups in total. The first-order chi connectivity index (χ1) is 13.0. The predicted molar refractivity (Wildman–Crippen MR) is 105 cm³/mol. The van der Waals surface area contributed by atoms with Gasteiger partial charge in [-0.2, -0.15) is 0 Å². The Labute approximate surface area is 162 Å². The number of nitrogen functional groups attached to an aromatic ring is 1. The number of anilines is 1. The number of hydrogen-bond donors (Lipinski definition) is 1. The van der Waals surface area contributed by atoms with Gasteiger partial charge in [0.1, 0.15) is 17.8 Å². The normalized spacial score (nSPS) is 22.6. The van der Waals surface area contributed by atoms with Gasteiger partial charge in [-0.3, -0.25) is 0 Å². The Balaban J connectivity index is 1.70. The smallest absolute Gasteiger partial charge is 0.409 e. The van der Waals surface area contributed by atoms with Gasteiger partial charge in [0.15, 0.2) is 0 Å². The van der Waals surface area contributed by atoms with E-state index in [0.29, 0.717) is 25.5 Å². The Morgan fingerprint density at radius 3 is 2.89 bits per heavy atom. The molecular weight excluding hydrogens is 366 g/mol. The van der Waals surface area contributed by atoms with Crippen molar-refractivity contribution in [3.05, 3.63) is 36.3 Å². The molecule has 1 aliphatic heterocycles. The zero-order chi connectivity index (χ0) is 19.1. The van der Waals surface area contributed by atoms with E-state index in [1.807, 2.05) is 12.2 Å². The van der Waals surface area contributed by atoms with E-state index in [1.165, 1.54) is 6.33 Å². The molecule has 1 amide bonds. The Morgan fingerprint density at radius 2 is 2.19 bits per heavy atom. The molecule has 4 rings (SSSR count). The molecule has 2 unspecified atom stereocenters. The highest BCUT2D eigenvalue weighted by Gasteiger charge is 2.34. The number of halogens is 1. The summed E-state index contributed by atoms with van der Waals surface area (Å²) in [6.07, 6.45) is 9.42. The minimum atomic E-state index is -0.278. The van der Waals surface area contributed by atoms with Gasteiger partial charge in [-0.05, 0) is 18.4 Å². The van der Waals surface area contributed by atoms with Gasteiger partial charge in [0.05, 0.1) is 23.4 Å². The Morgan fingerprint density at radius 1 is 1.41 bits per heavy atom. The zero-order valence-corrected chi connectivity index (χ0v) is 16.1. The second-order valence-corrected chi connectivity index (χ2v) is 7.45. The third kappa shape index (κ3) is 3.06. The molecule has 0 aromatic carbocycles. The average Bonchev–Trinajstić information content (AvgIpc) is 2.97. The molecule has 3 heterocycles. The zero-order valence-electron chi connectivity index (χ0n) is 15.3. The van der Waals surface area contributed by atoms with Gasteiger partial charge in [0, 0.05) is 24.8 Å². The highest BCUT2D eigenvalue weighted by atomic mass is 35.5. The van der Waals surface area contributed by atoms with Crippen LogP contribution in [0, 0.1) is 5.92 Å². The van der Waals surface area contributed by atoms with Crippen LogP contribution in [0.4, 0.5) is 10.6 Å². The number of nitrogens with zero attached hydrogens (tertiary/aromatic N) is 4. The maximum atomic E-state index is 11.9. The number of amides is 1. The Bertz CT molecular complexity index is 945. The van der Waals surface area contributed by atoms with Crippen LogP contribution in [-0.2, 0) is 4.74 Å². The second-order valence-electron chi connectivity index (χ2n) is 6.95. The van der Waals surface area contributed by atoms with Crippen LogP contribution < -0.4 is 5.73 Å². The molecule has 142 valence electrons. The maximum absolute atomic E-state index is 11.9. The number of alkyl halides is 1. The number of aromatic nitrogens is 3. The van der Waals surface area contributed by atoms with E-state index >= 15 is 0 Å². The summed E-state index contributed by atoms with van der Waals surface area (Å²) in [4.78, 5) is 22.2. The average molecular weight is 388 g/mol. The van der Waals surface area contributed by atoms with Gasteiger partial charge in [-0.15, -0.1) is 11.6 Å². The summed E-state index contributed by atoms with van der Waals surface area (Å²) in [5.74, 6) is 0.671. The fraction of sp³-hybridized carbons (Fsp3) is 0.421. The molecule has 0 bridgehead atoms. The number of likely N-dealkylation sites (tertiary alicyclic amines) is 1. The Kier molecular flexibility index (Phi) is 4.55. The van der Waals surface area contributed by atoms with Gasteiger partial charge >= 0.3 is 6.09 Å². The van der Waals surface area contributed by atoms with Crippen LogP contribution in [-0.4, -0.2) is 50.6 Å².